The van der Waals surface area contributed by atoms with E-state index in [1.807, 2.05) is 6.07 Å². The molecule has 2 rings (SSSR count). The number of carbonyl (C=O) groups excluding carboxylic acids is 2. The number of primary amides is 1. The summed E-state index contributed by atoms with van der Waals surface area (Å²) in [4.78, 5) is 25.2. The summed E-state index contributed by atoms with van der Waals surface area (Å²) in [7, 11) is 0. The third-order valence-electron chi connectivity index (χ3n) is 4.06. The molecule has 0 fully saturated rings. The van der Waals surface area contributed by atoms with Gasteiger partial charge in [-0.25, -0.2) is 4.79 Å². The molecule has 1 aliphatic rings. The third-order valence-corrected chi connectivity index (χ3v) is 4.06. The SMILES string of the molecule is CC(NC(N)=O)C(=O)N1CCCc2cc(C(C)(C)C)ccc21. The van der Waals surface area contributed by atoms with Gasteiger partial charge in [0, 0.05) is 12.2 Å². The monoisotopic (exact) mass is 303 g/mol. The third kappa shape index (κ3) is 3.40. The summed E-state index contributed by atoms with van der Waals surface area (Å²) in [6.07, 6.45) is 1.90. The van der Waals surface area contributed by atoms with E-state index in [-0.39, 0.29) is 11.3 Å². The van der Waals surface area contributed by atoms with Crippen LogP contribution in [0, 0.1) is 0 Å². The average molecular weight is 303 g/mol. The van der Waals surface area contributed by atoms with E-state index in [1.165, 1.54) is 11.1 Å². The number of nitrogens with one attached hydrogen (secondary N) is 1. The molecule has 0 aliphatic carbocycles. The highest BCUT2D eigenvalue weighted by Gasteiger charge is 2.27. The fourth-order valence-corrected chi connectivity index (χ4v) is 2.80. The first-order chi connectivity index (χ1) is 10.2. The highest BCUT2D eigenvalue weighted by molar-refractivity contribution is 5.99. The van der Waals surface area contributed by atoms with Crippen molar-refractivity contribution in [2.75, 3.05) is 11.4 Å². The standard InChI is InChI=1S/C17H25N3O2/c1-11(19-16(18)22)15(21)20-9-5-6-12-10-13(17(2,3)4)7-8-14(12)20/h7-8,10-11H,5-6,9H2,1-4H3,(H3,18,19,22). The second kappa shape index (κ2) is 5.99. The van der Waals surface area contributed by atoms with Crippen LogP contribution in [0.3, 0.4) is 0 Å². The molecule has 0 radical (unpaired) electrons. The van der Waals surface area contributed by atoms with Gasteiger partial charge in [0.15, 0.2) is 0 Å². The Morgan fingerprint density at radius 3 is 2.59 bits per heavy atom. The number of hydrogen-bond acceptors (Lipinski definition) is 2. The van der Waals surface area contributed by atoms with Gasteiger partial charge in [-0.3, -0.25) is 4.79 Å². The van der Waals surface area contributed by atoms with Crippen LogP contribution in [0.1, 0.15) is 45.2 Å². The van der Waals surface area contributed by atoms with Crippen molar-refractivity contribution in [3.8, 4) is 0 Å². The van der Waals surface area contributed by atoms with E-state index in [0.29, 0.717) is 6.54 Å². The molecule has 3 amide bonds. The summed E-state index contributed by atoms with van der Waals surface area (Å²) in [6.45, 7) is 8.87. The second-order valence-corrected chi connectivity index (χ2v) is 6.92. The van der Waals surface area contributed by atoms with Gasteiger partial charge in [0.25, 0.3) is 0 Å². The van der Waals surface area contributed by atoms with Crippen LogP contribution in [0.4, 0.5) is 10.5 Å². The normalized spacial score (nSPS) is 15.9. The zero-order valence-corrected chi connectivity index (χ0v) is 13.8. The molecule has 0 spiro atoms. The quantitative estimate of drug-likeness (QED) is 0.879. The molecule has 0 saturated heterocycles. The average Bonchev–Trinajstić information content (AvgIpc) is 2.43. The minimum Gasteiger partial charge on any atom is -0.352 e. The number of urea groups is 1. The van der Waals surface area contributed by atoms with Crippen molar-refractivity contribution in [3.05, 3.63) is 29.3 Å². The van der Waals surface area contributed by atoms with E-state index in [1.54, 1.807) is 11.8 Å². The molecule has 1 unspecified atom stereocenters. The largest absolute Gasteiger partial charge is 0.352 e. The Hall–Kier alpha value is -2.04. The van der Waals surface area contributed by atoms with Gasteiger partial charge in [-0.15, -0.1) is 0 Å². The van der Waals surface area contributed by atoms with Gasteiger partial charge in [0.1, 0.15) is 6.04 Å². The van der Waals surface area contributed by atoms with Gasteiger partial charge in [0.2, 0.25) is 5.91 Å². The molecule has 3 N–H and O–H groups in total. The fourth-order valence-electron chi connectivity index (χ4n) is 2.80. The van der Waals surface area contributed by atoms with Gasteiger partial charge in [-0.2, -0.15) is 0 Å². The Labute approximate surface area is 131 Å². The molecule has 1 heterocycles. The number of anilines is 1. The first-order valence-electron chi connectivity index (χ1n) is 7.71. The lowest BCUT2D eigenvalue weighted by Gasteiger charge is -2.33. The number of nitrogens with zero attached hydrogens (tertiary/aromatic N) is 1. The van der Waals surface area contributed by atoms with Crippen LogP contribution in [-0.4, -0.2) is 24.5 Å². The Bertz CT molecular complexity index is 590. The van der Waals surface area contributed by atoms with Crippen molar-refractivity contribution < 1.29 is 9.59 Å². The summed E-state index contributed by atoms with van der Waals surface area (Å²) < 4.78 is 0. The van der Waals surface area contributed by atoms with Gasteiger partial charge >= 0.3 is 6.03 Å². The van der Waals surface area contributed by atoms with Crippen molar-refractivity contribution in [2.24, 2.45) is 5.73 Å². The molecular weight excluding hydrogens is 278 g/mol. The van der Waals surface area contributed by atoms with Crippen LogP contribution < -0.4 is 16.0 Å². The van der Waals surface area contributed by atoms with Crippen molar-refractivity contribution in [3.63, 3.8) is 0 Å². The first kappa shape index (κ1) is 16.3. The number of benzene rings is 1. The summed E-state index contributed by atoms with van der Waals surface area (Å²) in [5.74, 6) is -0.122. The lowest BCUT2D eigenvalue weighted by atomic mass is 9.84. The van der Waals surface area contributed by atoms with Crippen LogP contribution >= 0.6 is 0 Å². The number of fused-ring (bicyclic) bond motifs is 1. The highest BCUT2D eigenvalue weighted by Crippen LogP contribution is 2.32. The molecular formula is C17H25N3O2. The van der Waals surface area contributed by atoms with E-state index in [0.717, 1.165) is 18.5 Å². The van der Waals surface area contributed by atoms with Gasteiger partial charge in [-0.1, -0.05) is 32.9 Å². The molecule has 0 saturated carbocycles. The summed E-state index contributed by atoms with van der Waals surface area (Å²) in [5, 5.41) is 2.45. The first-order valence-corrected chi connectivity index (χ1v) is 7.71. The molecule has 0 aromatic heterocycles. The second-order valence-electron chi connectivity index (χ2n) is 6.92. The zero-order chi connectivity index (χ0) is 16.5. The maximum absolute atomic E-state index is 12.5. The summed E-state index contributed by atoms with van der Waals surface area (Å²) in [5.41, 5.74) is 8.59. The number of nitrogens with two attached hydrogens (primary N) is 1. The lowest BCUT2D eigenvalue weighted by molar-refractivity contribution is -0.120. The number of aryl methyl sites for hydroxylation is 1. The molecule has 5 heteroatoms. The van der Waals surface area contributed by atoms with E-state index < -0.39 is 12.1 Å². The lowest BCUT2D eigenvalue weighted by Crippen LogP contribution is -2.50. The van der Waals surface area contributed by atoms with Crippen LogP contribution in [-0.2, 0) is 16.6 Å². The summed E-state index contributed by atoms with van der Waals surface area (Å²) >= 11 is 0. The zero-order valence-electron chi connectivity index (χ0n) is 13.8. The molecule has 1 atom stereocenters. The molecule has 0 bridgehead atoms. The van der Waals surface area contributed by atoms with Crippen LogP contribution in [0.2, 0.25) is 0 Å². The maximum Gasteiger partial charge on any atom is 0.312 e. The number of amides is 3. The molecule has 5 nitrogen and oxygen atoms in total. The van der Waals surface area contributed by atoms with Crippen LogP contribution in [0.15, 0.2) is 18.2 Å². The van der Waals surface area contributed by atoms with Crippen molar-refractivity contribution >= 4 is 17.6 Å². The molecule has 22 heavy (non-hydrogen) atoms. The molecule has 1 aliphatic heterocycles. The number of rotatable bonds is 2. The topological polar surface area (TPSA) is 75.4 Å². The Morgan fingerprint density at radius 2 is 2.00 bits per heavy atom. The number of hydrogen-bond donors (Lipinski definition) is 2. The Balaban J connectivity index is 2.29. The Morgan fingerprint density at radius 1 is 1.32 bits per heavy atom. The molecule has 1 aromatic rings. The van der Waals surface area contributed by atoms with Gasteiger partial charge < -0.3 is 16.0 Å². The van der Waals surface area contributed by atoms with E-state index in [2.05, 4.69) is 38.2 Å². The minimum atomic E-state index is -0.679. The van der Waals surface area contributed by atoms with Gasteiger partial charge in [0.05, 0.1) is 0 Å². The van der Waals surface area contributed by atoms with Crippen LogP contribution in [0.25, 0.3) is 0 Å². The van der Waals surface area contributed by atoms with Gasteiger partial charge in [-0.05, 0) is 42.4 Å². The van der Waals surface area contributed by atoms with Crippen molar-refractivity contribution in [1.29, 1.82) is 0 Å². The van der Waals surface area contributed by atoms with Crippen molar-refractivity contribution in [1.82, 2.24) is 5.32 Å². The smallest absolute Gasteiger partial charge is 0.312 e. The van der Waals surface area contributed by atoms with E-state index in [4.69, 9.17) is 5.73 Å². The Kier molecular flexibility index (Phi) is 4.44. The van der Waals surface area contributed by atoms with Crippen LogP contribution in [0.5, 0.6) is 0 Å². The molecule has 1 aromatic carbocycles. The number of carbonyl (C=O) groups is 2. The maximum atomic E-state index is 12.5. The van der Waals surface area contributed by atoms with Crippen molar-refractivity contribution in [2.45, 2.75) is 52.0 Å². The predicted molar refractivity (Wildman–Crippen MR) is 88.0 cm³/mol. The molecule has 120 valence electrons. The predicted octanol–water partition coefficient (Wildman–Crippen LogP) is 2.32. The van der Waals surface area contributed by atoms with E-state index >= 15 is 0 Å². The van der Waals surface area contributed by atoms with E-state index in [9.17, 15) is 9.59 Å². The summed E-state index contributed by atoms with van der Waals surface area (Å²) in [6, 6.07) is 4.99. The highest BCUT2D eigenvalue weighted by atomic mass is 16.2. The minimum absolute atomic E-state index is 0.0854. The fraction of sp³-hybridized carbons (Fsp3) is 0.529.